The standard InChI is InChI=1S/C58H118N2O4/c1-7-12-17-20-25-30-37-48-60(49-39-47-59(6)50-51-61)57(44-34-27-22-21-26-31-38-52-63-53-55(40-15-10-4)42-32-18-13-8-2)45-35-28-23-24-29-36-46-58(62)64-54-56(41-16-11-5)43-33-19-14-9-3/h55-57,61H,7-54H2,1-6H3. The smallest absolute Gasteiger partial charge is 0.305 e. The molecule has 1 N–H and O–H groups in total. The maximum absolute atomic E-state index is 12.6. The van der Waals surface area contributed by atoms with E-state index in [9.17, 15) is 9.90 Å². The van der Waals surface area contributed by atoms with Gasteiger partial charge in [0.15, 0.2) is 0 Å². The number of rotatable bonds is 54. The quantitative estimate of drug-likeness (QED) is 0.0485. The van der Waals surface area contributed by atoms with E-state index in [-0.39, 0.29) is 12.6 Å². The molecule has 0 saturated carbocycles. The lowest BCUT2D eigenvalue weighted by Gasteiger charge is -2.33. The van der Waals surface area contributed by atoms with E-state index in [1.807, 2.05) is 0 Å². The summed E-state index contributed by atoms with van der Waals surface area (Å²) in [7, 11) is 2.16. The normalized spacial score (nSPS) is 13.3. The predicted molar refractivity (Wildman–Crippen MR) is 282 cm³/mol. The first-order valence-electron chi connectivity index (χ1n) is 29.2. The van der Waals surface area contributed by atoms with Crippen LogP contribution in [0, 0.1) is 11.8 Å². The third-order valence-corrected chi connectivity index (χ3v) is 14.2. The number of nitrogens with zero attached hydrogens (tertiary/aromatic N) is 2. The Labute approximate surface area is 402 Å². The van der Waals surface area contributed by atoms with Crippen molar-refractivity contribution in [3.63, 3.8) is 0 Å². The molecule has 0 fully saturated rings. The highest BCUT2D eigenvalue weighted by Gasteiger charge is 2.19. The minimum Gasteiger partial charge on any atom is -0.465 e. The number of carbonyl (C=O) groups excluding carboxylic acids is 1. The van der Waals surface area contributed by atoms with Crippen molar-refractivity contribution in [1.82, 2.24) is 9.80 Å². The van der Waals surface area contributed by atoms with Gasteiger partial charge < -0.3 is 24.4 Å². The molecule has 0 aromatic rings. The topological polar surface area (TPSA) is 62.2 Å². The molecule has 0 aliphatic rings. The van der Waals surface area contributed by atoms with Crippen LogP contribution in [0.3, 0.4) is 0 Å². The first-order valence-corrected chi connectivity index (χ1v) is 29.2. The highest BCUT2D eigenvalue weighted by atomic mass is 16.5. The van der Waals surface area contributed by atoms with Crippen molar-refractivity contribution in [2.24, 2.45) is 11.8 Å². The Bertz CT molecular complexity index is 904. The molecule has 0 aromatic carbocycles. The van der Waals surface area contributed by atoms with Gasteiger partial charge in [0.1, 0.15) is 0 Å². The maximum Gasteiger partial charge on any atom is 0.305 e. The molecule has 6 nitrogen and oxygen atoms in total. The number of aliphatic hydroxyl groups is 1. The molecule has 64 heavy (non-hydrogen) atoms. The number of likely N-dealkylation sites (N-methyl/N-ethyl adjacent to an activating group) is 1. The molecule has 0 aliphatic heterocycles. The van der Waals surface area contributed by atoms with Crippen LogP contribution in [0.1, 0.15) is 291 Å². The molecule has 384 valence electrons. The summed E-state index contributed by atoms with van der Waals surface area (Å²) >= 11 is 0. The summed E-state index contributed by atoms with van der Waals surface area (Å²) in [5.41, 5.74) is 0. The number of aliphatic hydroxyl groups excluding tert-OH is 1. The van der Waals surface area contributed by atoms with Gasteiger partial charge in [0.2, 0.25) is 0 Å². The van der Waals surface area contributed by atoms with Crippen molar-refractivity contribution in [3.8, 4) is 0 Å². The third kappa shape index (κ3) is 43.9. The molecular weight excluding hydrogens is 789 g/mol. The summed E-state index contributed by atoms with van der Waals surface area (Å²) in [5, 5.41) is 9.49. The Balaban J connectivity index is 4.89. The molecule has 0 amide bonds. The summed E-state index contributed by atoms with van der Waals surface area (Å²) in [4.78, 5) is 17.8. The second-order valence-electron chi connectivity index (χ2n) is 20.6. The zero-order chi connectivity index (χ0) is 46.8. The number of carbonyl (C=O) groups is 1. The van der Waals surface area contributed by atoms with Crippen LogP contribution < -0.4 is 0 Å². The van der Waals surface area contributed by atoms with E-state index in [4.69, 9.17) is 9.47 Å². The highest BCUT2D eigenvalue weighted by Crippen LogP contribution is 2.23. The number of esters is 1. The van der Waals surface area contributed by atoms with Crippen LogP contribution in [-0.2, 0) is 14.3 Å². The molecule has 0 heterocycles. The Morgan fingerprint density at radius 2 is 0.828 bits per heavy atom. The fourth-order valence-corrected chi connectivity index (χ4v) is 9.77. The van der Waals surface area contributed by atoms with E-state index in [0.29, 0.717) is 25.0 Å². The average molecular weight is 908 g/mol. The largest absolute Gasteiger partial charge is 0.465 e. The number of unbranched alkanes of at least 4 members (excludes halogenated alkanes) is 25. The van der Waals surface area contributed by atoms with Gasteiger partial charge in [-0.1, -0.05) is 221 Å². The zero-order valence-electron chi connectivity index (χ0n) is 44.7. The molecule has 0 spiro atoms. The number of hydrogen-bond acceptors (Lipinski definition) is 6. The second kappa shape index (κ2) is 51.7. The van der Waals surface area contributed by atoms with Gasteiger partial charge in [0.25, 0.3) is 0 Å². The van der Waals surface area contributed by atoms with Crippen molar-refractivity contribution >= 4 is 5.97 Å². The molecule has 3 unspecified atom stereocenters. The van der Waals surface area contributed by atoms with Gasteiger partial charge in [0, 0.05) is 32.2 Å². The molecule has 0 bridgehead atoms. The monoisotopic (exact) mass is 907 g/mol. The predicted octanol–water partition coefficient (Wildman–Crippen LogP) is 17.1. The molecule has 0 aliphatic carbocycles. The van der Waals surface area contributed by atoms with E-state index >= 15 is 0 Å². The number of hydrogen-bond donors (Lipinski definition) is 1. The fourth-order valence-electron chi connectivity index (χ4n) is 9.77. The van der Waals surface area contributed by atoms with Gasteiger partial charge >= 0.3 is 5.97 Å². The lowest BCUT2D eigenvalue weighted by atomic mass is 9.96. The zero-order valence-corrected chi connectivity index (χ0v) is 44.7. The van der Waals surface area contributed by atoms with E-state index in [1.54, 1.807) is 0 Å². The van der Waals surface area contributed by atoms with Crippen molar-refractivity contribution in [2.45, 2.75) is 297 Å². The van der Waals surface area contributed by atoms with Gasteiger partial charge in [-0.15, -0.1) is 0 Å². The van der Waals surface area contributed by atoms with Gasteiger partial charge in [-0.2, -0.15) is 0 Å². The summed E-state index contributed by atoms with van der Waals surface area (Å²) in [6, 6.07) is 0.691. The van der Waals surface area contributed by atoms with Crippen molar-refractivity contribution in [2.75, 3.05) is 59.7 Å². The Morgan fingerprint density at radius 3 is 1.36 bits per heavy atom. The van der Waals surface area contributed by atoms with Gasteiger partial charge in [-0.05, 0) is 103 Å². The Hall–Kier alpha value is -0.690. The van der Waals surface area contributed by atoms with Crippen LogP contribution in [0.15, 0.2) is 0 Å². The van der Waals surface area contributed by atoms with Gasteiger partial charge in [-0.25, -0.2) is 0 Å². The Kier molecular flexibility index (Phi) is 51.1. The van der Waals surface area contributed by atoms with E-state index < -0.39 is 0 Å². The van der Waals surface area contributed by atoms with Crippen molar-refractivity contribution < 1.29 is 19.4 Å². The molecule has 0 saturated heterocycles. The summed E-state index contributed by atoms with van der Waals surface area (Å²) in [6.07, 6.45) is 51.6. The first-order chi connectivity index (χ1) is 31.4. The van der Waals surface area contributed by atoms with Crippen LogP contribution >= 0.6 is 0 Å². The van der Waals surface area contributed by atoms with E-state index in [2.05, 4.69) is 51.5 Å². The van der Waals surface area contributed by atoms with Crippen molar-refractivity contribution in [1.29, 1.82) is 0 Å². The average Bonchev–Trinajstić information content (AvgIpc) is 3.29. The van der Waals surface area contributed by atoms with Crippen LogP contribution in [-0.4, -0.2) is 86.6 Å². The summed E-state index contributed by atoms with van der Waals surface area (Å²) in [5.74, 6) is 1.35. The fraction of sp³-hybridized carbons (Fsp3) is 0.983. The van der Waals surface area contributed by atoms with Crippen molar-refractivity contribution in [3.05, 3.63) is 0 Å². The highest BCUT2D eigenvalue weighted by molar-refractivity contribution is 5.69. The second-order valence-corrected chi connectivity index (χ2v) is 20.6. The third-order valence-electron chi connectivity index (χ3n) is 14.2. The van der Waals surface area contributed by atoms with Crippen LogP contribution in [0.5, 0.6) is 0 Å². The first kappa shape index (κ1) is 63.3. The number of ether oxygens (including phenoxy) is 2. The molecule has 0 rings (SSSR count). The molecule has 0 radical (unpaired) electrons. The summed E-state index contributed by atoms with van der Waals surface area (Å²) in [6.45, 7) is 18.6. The minimum absolute atomic E-state index is 0.0287. The lowest BCUT2D eigenvalue weighted by Crippen LogP contribution is -2.38. The molecule has 6 heteroatoms. The van der Waals surface area contributed by atoms with E-state index in [1.165, 1.54) is 251 Å². The molecular formula is C58H118N2O4. The summed E-state index contributed by atoms with van der Waals surface area (Å²) < 4.78 is 12.0. The van der Waals surface area contributed by atoms with Crippen LogP contribution in [0.25, 0.3) is 0 Å². The van der Waals surface area contributed by atoms with Gasteiger partial charge in [-0.3, -0.25) is 4.79 Å². The molecule has 0 aromatic heterocycles. The minimum atomic E-state index is 0.0287. The SMILES string of the molecule is CCCCCCCCCN(CCCN(C)CCO)C(CCCCCCCCCOCC(CCCC)CCCCCC)CCCCCCCCC(=O)OCC(CCCC)CCCCCC. The maximum atomic E-state index is 12.6. The van der Waals surface area contributed by atoms with E-state index in [0.717, 1.165) is 45.1 Å². The Morgan fingerprint density at radius 1 is 0.422 bits per heavy atom. The van der Waals surface area contributed by atoms with Gasteiger partial charge in [0.05, 0.1) is 13.2 Å². The lowest BCUT2D eigenvalue weighted by molar-refractivity contribution is -0.145. The van der Waals surface area contributed by atoms with Crippen LogP contribution in [0.4, 0.5) is 0 Å². The molecule has 3 atom stereocenters. The van der Waals surface area contributed by atoms with Crippen LogP contribution in [0.2, 0.25) is 0 Å².